The Morgan fingerprint density at radius 1 is 1.40 bits per heavy atom. The van der Waals surface area contributed by atoms with Gasteiger partial charge in [0.15, 0.2) is 0 Å². The first-order chi connectivity index (χ1) is 4.75. The monoisotopic (exact) mass is 157 g/mol. The number of rotatable bonds is 1. The van der Waals surface area contributed by atoms with E-state index in [0.29, 0.717) is 16.4 Å². The number of nitrogens with one attached hydrogen (secondary N) is 1. The molecule has 1 aromatic rings. The highest BCUT2D eigenvalue weighted by Crippen LogP contribution is 2.25. The molecule has 10 heavy (non-hydrogen) atoms. The molecule has 1 rings (SSSR count). The lowest BCUT2D eigenvalue weighted by Crippen LogP contribution is -2.08. The zero-order valence-corrected chi connectivity index (χ0v) is 6.02. The third-order valence-electron chi connectivity index (χ3n) is 1.21. The van der Waals surface area contributed by atoms with Crippen molar-refractivity contribution < 1.29 is 0 Å². The van der Waals surface area contributed by atoms with Gasteiger partial charge in [-0.1, -0.05) is 17.7 Å². The molecule has 4 heteroatoms. The van der Waals surface area contributed by atoms with Crippen LogP contribution in [0.1, 0.15) is 0 Å². The van der Waals surface area contributed by atoms with Crippen molar-refractivity contribution >= 4 is 23.0 Å². The van der Waals surface area contributed by atoms with E-state index < -0.39 is 0 Å². The van der Waals surface area contributed by atoms with Crippen LogP contribution in [-0.2, 0) is 0 Å². The van der Waals surface area contributed by atoms with Gasteiger partial charge in [-0.05, 0) is 12.1 Å². The van der Waals surface area contributed by atoms with E-state index in [2.05, 4.69) is 5.43 Å². The summed E-state index contributed by atoms with van der Waals surface area (Å²) in [7, 11) is 0. The van der Waals surface area contributed by atoms with Crippen molar-refractivity contribution in [2.75, 3.05) is 11.2 Å². The summed E-state index contributed by atoms with van der Waals surface area (Å²) in [4.78, 5) is 0. The Bertz CT molecular complexity index is 236. The predicted molar refractivity (Wildman–Crippen MR) is 43.7 cm³/mol. The summed E-state index contributed by atoms with van der Waals surface area (Å²) in [6.45, 7) is 0. The Hall–Kier alpha value is -0.930. The van der Waals surface area contributed by atoms with Crippen molar-refractivity contribution in [3.63, 3.8) is 0 Å². The SMILES string of the molecule is NNc1cccc(Cl)c1N. The molecule has 0 atom stereocenters. The highest BCUT2D eigenvalue weighted by molar-refractivity contribution is 6.33. The van der Waals surface area contributed by atoms with Crippen molar-refractivity contribution in [1.29, 1.82) is 0 Å². The average molecular weight is 158 g/mol. The van der Waals surface area contributed by atoms with E-state index in [0.717, 1.165) is 0 Å². The number of hydrogen-bond acceptors (Lipinski definition) is 3. The summed E-state index contributed by atoms with van der Waals surface area (Å²) in [6, 6.07) is 5.23. The molecule has 0 spiro atoms. The minimum atomic E-state index is 0.478. The third-order valence-corrected chi connectivity index (χ3v) is 1.54. The number of benzene rings is 1. The van der Waals surface area contributed by atoms with Gasteiger partial charge in [0.2, 0.25) is 0 Å². The van der Waals surface area contributed by atoms with Gasteiger partial charge in [0.25, 0.3) is 0 Å². The lowest BCUT2D eigenvalue weighted by atomic mass is 10.3. The van der Waals surface area contributed by atoms with E-state index in [1.807, 2.05) is 0 Å². The fraction of sp³-hybridized carbons (Fsp3) is 0. The molecular weight excluding hydrogens is 150 g/mol. The molecule has 0 fully saturated rings. The molecule has 0 saturated heterocycles. The topological polar surface area (TPSA) is 64.1 Å². The first-order valence-electron chi connectivity index (χ1n) is 2.76. The van der Waals surface area contributed by atoms with Gasteiger partial charge < -0.3 is 11.2 Å². The normalized spacial score (nSPS) is 9.40. The van der Waals surface area contributed by atoms with Crippen LogP contribution in [0.3, 0.4) is 0 Å². The summed E-state index contributed by atoms with van der Waals surface area (Å²) in [5.41, 5.74) is 9.07. The quantitative estimate of drug-likeness (QED) is 0.326. The van der Waals surface area contributed by atoms with Gasteiger partial charge in [-0.3, -0.25) is 5.84 Å². The van der Waals surface area contributed by atoms with Crippen molar-refractivity contribution in [3.8, 4) is 0 Å². The average Bonchev–Trinajstić information content (AvgIpc) is 1.95. The lowest BCUT2D eigenvalue weighted by molar-refractivity contribution is 1.35. The third kappa shape index (κ3) is 1.15. The van der Waals surface area contributed by atoms with Gasteiger partial charge in [0.05, 0.1) is 16.4 Å². The fourth-order valence-corrected chi connectivity index (χ4v) is 0.837. The minimum absolute atomic E-state index is 0.478. The summed E-state index contributed by atoms with van der Waals surface area (Å²) in [5.74, 6) is 5.13. The second-order valence-corrected chi connectivity index (χ2v) is 2.25. The van der Waals surface area contributed by atoms with Gasteiger partial charge in [-0.25, -0.2) is 0 Å². The van der Waals surface area contributed by atoms with E-state index >= 15 is 0 Å². The number of hydrogen-bond donors (Lipinski definition) is 3. The van der Waals surface area contributed by atoms with Crippen LogP contribution in [0.4, 0.5) is 11.4 Å². The predicted octanol–water partition coefficient (Wildman–Crippen LogP) is 1.21. The molecule has 0 amide bonds. The number of nitrogen functional groups attached to an aromatic ring is 2. The van der Waals surface area contributed by atoms with Gasteiger partial charge in [-0.15, -0.1) is 0 Å². The maximum atomic E-state index is 5.67. The summed E-state index contributed by atoms with van der Waals surface area (Å²) < 4.78 is 0. The Morgan fingerprint density at radius 3 is 2.60 bits per heavy atom. The first-order valence-corrected chi connectivity index (χ1v) is 3.14. The maximum absolute atomic E-state index is 5.67. The van der Waals surface area contributed by atoms with E-state index in [1.165, 1.54) is 0 Å². The number of halogens is 1. The fourth-order valence-electron chi connectivity index (χ4n) is 0.663. The highest BCUT2D eigenvalue weighted by atomic mass is 35.5. The molecule has 0 aromatic heterocycles. The van der Waals surface area contributed by atoms with Crippen molar-refractivity contribution in [2.24, 2.45) is 5.84 Å². The number of para-hydroxylation sites is 1. The highest BCUT2D eigenvalue weighted by Gasteiger charge is 1.98. The minimum Gasteiger partial charge on any atom is -0.396 e. The van der Waals surface area contributed by atoms with Crippen molar-refractivity contribution in [1.82, 2.24) is 0 Å². The molecule has 5 N–H and O–H groups in total. The van der Waals surface area contributed by atoms with E-state index in [-0.39, 0.29) is 0 Å². The Labute approximate surface area is 63.9 Å². The maximum Gasteiger partial charge on any atom is 0.0752 e. The molecular formula is C6H8ClN3. The molecule has 0 saturated carbocycles. The largest absolute Gasteiger partial charge is 0.396 e. The standard InChI is InChI=1S/C6H8ClN3/c7-4-2-1-3-5(10-9)6(4)8/h1-3,10H,8-9H2. The molecule has 54 valence electrons. The number of nitrogens with two attached hydrogens (primary N) is 2. The molecule has 0 bridgehead atoms. The van der Waals surface area contributed by atoms with E-state index in [1.54, 1.807) is 18.2 Å². The van der Waals surface area contributed by atoms with Crippen LogP contribution in [0.15, 0.2) is 18.2 Å². The van der Waals surface area contributed by atoms with Gasteiger partial charge >= 0.3 is 0 Å². The van der Waals surface area contributed by atoms with Crippen molar-refractivity contribution in [3.05, 3.63) is 23.2 Å². The smallest absolute Gasteiger partial charge is 0.0752 e. The van der Waals surface area contributed by atoms with Crippen LogP contribution in [0, 0.1) is 0 Å². The van der Waals surface area contributed by atoms with Crippen LogP contribution in [0.25, 0.3) is 0 Å². The molecule has 0 unspecified atom stereocenters. The first kappa shape index (κ1) is 7.18. The summed E-state index contributed by atoms with van der Waals surface area (Å²) >= 11 is 5.67. The molecule has 0 aliphatic carbocycles. The summed E-state index contributed by atoms with van der Waals surface area (Å²) in [6.07, 6.45) is 0. The molecule has 0 aliphatic rings. The van der Waals surface area contributed by atoms with Crippen LogP contribution in [0.2, 0.25) is 5.02 Å². The molecule has 3 nitrogen and oxygen atoms in total. The van der Waals surface area contributed by atoms with Gasteiger partial charge in [0.1, 0.15) is 0 Å². The summed E-state index contributed by atoms with van der Waals surface area (Å²) in [5, 5.41) is 0.510. The number of anilines is 2. The molecule has 0 heterocycles. The number of hydrazine groups is 1. The van der Waals surface area contributed by atoms with Crippen LogP contribution in [0.5, 0.6) is 0 Å². The van der Waals surface area contributed by atoms with E-state index in [9.17, 15) is 0 Å². The molecule has 1 aromatic carbocycles. The molecule has 0 radical (unpaired) electrons. The Kier molecular flexibility index (Phi) is 1.99. The van der Waals surface area contributed by atoms with Gasteiger partial charge in [-0.2, -0.15) is 0 Å². The Balaban J connectivity index is 3.14. The Morgan fingerprint density at radius 2 is 2.10 bits per heavy atom. The zero-order valence-electron chi connectivity index (χ0n) is 5.26. The zero-order chi connectivity index (χ0) is 7.56. The van der Waals surface area contributed by atoms with E-state index in [4.69, 9.17) is 23.2 Å². The second kappa shape index (κ2) is 2.77. The van der Waals surface area contributed by atoms with Gasteiger partial charge in [0, 0.05) is 0 Å². The second-order valence-electron chi connectivity index (χ2n) is 1.85. The lowest BCUT2D eigenvalue weighted by Gasteiger charge is -2.04. The van der Waals surface area contributed by atoms with Crippen LogP contribution in [-0.4, -0.2) is 0 Å². The molecule has 0 aliphatic heterocycles. The van der Waals surface area contributed by atoms with Crippen LogP contribution < -0.4 is 17.0 Å². The van der Waals surface area contributed by atoms with Crippen LogP contribution >= 0.6 is 11.6 Å². The van der Waals surface area contributed by atoms with Crippen molar-refractivity contribution in [2.45, 2.75) is 0 Å².